The Labute approximate surface area is 142 Å². The molecule has 122 valence electrons. The van der Waals surface area contributed by atoms with E-state index in [1.807, 2.05) is 0 Å². The first-order chi connectivity index (χ1) is 11.7. The molecular weight excluding hydrogens is 296 g/mol. The van der Waals surface area contributed by atoms with Crippen molar-refractivity contribution in [2.24, 2.45) is 23.7 Å². The number of hydrogen-bond acceptors (Lipinski definition) is 2. The van der Waals surface area contributed by atoms with Crippen molar-refractivity contribution in [3.8, 4) is 0 Å². The fourth-order valence-electron chi connectivity index (χ4n) is 5.30. The number of Topliss-reactive ketones (excluding diaryl/α,β-unsaturated/α-hetero) is 2. The van der Waals surface area contributed by atoms with Gasteiger partial charge in [-0.05, 0) is 84.8 Å². The maximum atomic E-state index is 12.3. The first kappa shape index (κ1) is 14.4. The lowest BCUT2D eigenvalue weighted by molar-refractivity contribution is -0.119. The summed E-state index contributed by atoms with van der Waals surface area (Å²) in [6.45, 7) is 0. The van der Waals surface area contributed by atoms with Gasteiger partial charge in [0.15, 0.2) is 11.6 Å². The number of ketones is 2. The molecule has 2 nitrogen and oxygen atoms in total. The van der Waals surface area contributed by atoms with E-state index >= 15 is 0 Å². The van der Waals surface area contributed by atoms with Crippen molar-refractivity contribution in [1.82, 2.24) is 0 Å². The van der Waals surface area contributed by atoms with Crippen LogP contribution in [-0.4, -0.2) is 11.6 Å². The SMILES string of the molecule is O=C1/C(=C\c2ccc(/C=C3/C(=O)C4CCC3C4)cc2)C2CCC1C2. The monoisotopic (exact) mass is 318 g/mol. The molecule has 5 rings (SSSR count). The fraction of sp³-hybridized carbons (Fsp3) is 0.455. The summed E-state index contributed by atoms with van der Waals surface area (Å²) in [6, 6.07) is 8.32. The van der Waals surface area contributed by atoms with Crippen LogP contribution in [-0.2, 0) is 9.59 Å². The lowest BCUT2D eigenvalue weighted by atomic mass is 9.91. The third kappa shape index (κ3) is 2.16. The van der Waals surface area contributed by atoms with E-state index in [9.17, 15) is 9.59 Å². The molecule has 0 saturated heterocycles. The molecule has 24 heavy (non-hydrogen) atoms. The number of carbonyl (C=O) groups is 2. The van der Waals surface area contributed by atoms with Crippen molar-refractivity contribution >= 4 is 23.7 Å². The Morgan fingerprint density at radius 1 is 0.625 bits per heavy atom. The van der Waals surface area contributed by atoms with E-state index in [1.165, 1.54) is 12.8 Å². The van der Waals surface area contributed by atoms with Crippen LogP contribution in [0.2, 0.25) is 0 Å². The number of rotatable bonds is 2. The summed E-state index contributed by atoms with van der Waals surface area (Å²) in [4.78, 5) is 24.5. The minimum atomic E-state index is 0.300. The summed E-state index contributed by atoms with van der Waals surface area (Å²) in [7, 11) is 0. The van der Waals surface area contributed by atoms with Gasteiger partial charge in [0.1, 0.15) is 0 Å². The van der Waals surface area contributed by atoms with Crippen LogP contribution in [0.5, 0.6) is 0 Å². The standard InChI is InChI=1S/C22H22O2/c23-21-17-7-5-15(11-17)19(21)9-13-1-2-14(4-3-13)10-20-16-6-8-18(12-16)22(20)24/h1-4,9-10,15-18H,5-8,11-12H2/b19-9-,20-10+. The molecule has 1 aromatic rings. The molecule has 4 unspecified atom stereocenters. The largest absolute Gasteiger partial charge is 0.294 e. The van der Waals surface area contributed by atoms with Gasteiger partial charge < -0.3 is 0 Å². The predicted octanol–water partition coefficient (Wildman–Crippen LogP) is 4.45. The summed E-state index contributed by atoms with van der Waals surface area (Å²) in [5, 5.41) is 0. The van der Waals surface area contributed by atoms with E-state index in [-0.39, 0.29) is 0 Å². The Morgan fingerprint density at radius 3 is 1.33 bits per heavy atom. The third-order valence-electron chi connectivity index (χ3n) is 6.64. The molecule has 4 fully saturated rings. The minimum Gasteiger partial charge on any atom is -0.294 e. The highest BCUT2D eigenvalue weighted by atomic mass is 16.1. The Hall–Kier alpha value is -1.96. The van der Waals surface area contributed by atoms with Gasteiger partial charge in [-0.3, -0.25) is 9.59 Å². The normalized spacial score (nSPS) is 37.3. The van der Waals surface area contributed by atoms with E-state index < -0.39 is 0 Å². The van der Waals surface area contributed by atoms with Gasteiger partial charge in [0.25, 0.3) is 0 Å². The van der Waals surface area contributed by atoms with Gasteiger partial charge in [-0.1, -0.05) is 24.3 Å². The summed E-state index contributed by atoms with van der Waals surface area (Å²) in [5.41, 5.74) is 4.29. The van der Waals surface area contributed by atoms with Crippen molar-refractivity contribution in [3.05, 3.63) is 46.5 Å². The fourth-order valence-corrected chi connectivity index (χ4v) is 5.30. The third-order valence-corrected chi connectivity index (χ3v) is 6.64. The molecule has 2 heteroatoms. The van der Waals surface area contributed by atoms with Crippen LogP contribution in [0.4, 0.5) is 0 Å². The summed E-state index contributed by atoms with van der Waals surface area (Å²) in [5.74, 6) is 2.35. The number of allylic oxidation sites excluding steroid dienone is 2. The van der Waals surface area contributed by atoms with E-state index in [0.717, 1.165) is 48.0 Å². The van der Waals surface area contributed by atoms with E-state index in [4.69, 9.17) is 0 Å². The van der Waals surface area contributed by atoms with E-state index in [1.54, 1.807) is 0 Å². The second-order valence-electron chi connectivity index (χ2n) is 8.01. The van der Waals surface area contributed by atoms with Gasteiger partial charge in [-0.15, -0.1) is 0 Å². The van der Waals surface area contributed by atoms with Gasteiger partial charge in [0, 0.05) is 11.8 Å². The van der Waals surface area contributed by atoms with Gasteiger partial charge in [0.05, 0.1) is 0 Å². The number of carbonyl (C=O) groups excluding carboxylic acids is 2. The van der Waals surface area contributed by atoms with Crippen molar-refractivity contribution in [3.63, 3.8) is 0 Å². The van der Waals surface area contributed by atoms with Crippen LogP contribution in [0.15, 0.2) is 35.4 Å². The molecule has 0 aromatic heterocycles. The van der Waals surface area contributed by atoms with Crippen molar-refractivity contribution < 1.29 is 9.59 Å². The zero-order valence-corrected chi connectivity index (χ0v) is 13.8. The summed E-state index contributed by atoms with van der Waals surface area (Å²) >= 11 is 0. The molecule has 4 atom stereocenters. The van der Waals surface area contributed by atoms with Gasteiger partial charge >= 0.3 is 0 Å². The first-order valence-electron chi connectivity index (χ1n) is 9.31. The molecule has 0 aliphatic heterocycles. The maximum Gasteiger partial charge on any atom is 0.162 e. The van der Waals surface area contributed by atoms with Gasteiger partial charge in [-0.25, -0.2) is 0 Å². The maximum absolute atomic E-state index is 12.3. The van der Waals surface area contributed by atoms with Crippen LogP contribution < -0.4 is 0 Å². The highest BCUT2D eigenvalue weighted by Gasteiger charge is 2.43. The quantitative estimate of drug-likeness (QED) is 0.755. The average Bonchev–Trinajstić information content (AvgIpc) is 3.34. The molecular formula is C22H22O2. The van der Waals surface area contributed by atoms with Crippen LogP contribution in [0.1, 0.15) is 49.7 Å². The predicted molar refractivity (Wildman–Crippen MR) is 94.1 cm³/mol. The minimum absolute atomic E-state index is 0.300. The zero-order valence-electron chi connectivity index (χ0n) is 13.8. The summed E-state index contributed by atoms with van der Waals surface area (Å²) < 4.78 is 0. The Morgan fingerprint density at radius 2 is 1.00 bits per heavy atom. The second kappa shape index (κ2) is 5.27. The lowest BCUT2D eigenvalue weighted by Crippen LogP contribution is -2.12. The zero-order chi connectivity index (χ0) is 16.3. The van der Waals surface area contributed by atoms with E-state index in [2.05, 4.69) is 36.4 Å². The topological polar surface area (TPSA) is 34.1 Å². The van der Waals surface area contributed by atoms with Gasteiger partial charge in [-0.2, -0.15) is 0 Å². The van der Waals surface area contributed by atoms with Crippen molar-refractivity contribution in [2.45, 2.75) is 38.5 Å². The van der Waals surface area contributed by atoms with Gasteiger partial charge in [0.2, 0.25) is 0 Å². The Balaban J connectivity index is 1.39. The molecule has 4 aliphatic carbocycles. The van der Waals surface area contributed by atoms with Crippen LogP contribution in [0, 0.1) is 23.7 Å². The lowest BCUT2D eigenvalue weighted by Gasteiger charge is -2.13. The molecule has 4 saturated carbocycles. The Bertz CT molecular complexity index is 714. The first-order valence-corrected chi connectivity index (χ1v) is 9.31. The summed E-state index contributed by atoms with van der Waals surface area (Å²) in [6.07, 6.45) is 10.8. The highest BCUT2D eigenvalue weighted by Crippen LogP contribution is 2.47. The van der Waals surface area contributed by atoms with Crippen molar-refractivity contribution in [2.75, 3.05) is 0 Å². The molecule has 0 N–H and O–H groups in total. The highest BCUT2D eigenvalue weighted by molar-refractivity contribution is 6.05. The molecule has 0 amide bonds. The van der Waals surface area contributed by atoms with Crippen molar-refractivity contribution in [1.29, 1.82) is 0 Å². The molecule has 1 aromatic carbocycles. The second-order valence-corrected chi connectivity index (χ2v) is 8.01. The molecule has 0 spiro atoms. The Kier molecular flexibility index (Phi) is 3.16. The number of fused-ring (bicyclic) bond motifs is 4. The molecule has 0 radical (unpaired) electrons. The van der Waals surface area contributed by atoms with E-state index in [0.29, 0.717) is 35.2 Å². The molecule has 0 heterocycles. The van der Waals surface area contributed by atoms with Crippen LogP contribution in [0.25, 0.3) is 12.2 Å². The molecule has 4 bridgehead atoms. The number of hydrogen-bond donors (Lipinski definition) is 0. The smallest absolute Gasteiger partial charge is 0.162 e. The average molecular weight is 318 g/mol. The molecule has 4 aliphatic rings. The number of benzene rings is 1. The van der Waals surface area contributed by atoms with Crippen LogP contribution in [0.3, 0.4) is 0 Å². The van der Waals surface area contributed by atoms with Crippen LogP contribution >= 0.6 is 0 Å².